The molecule has 0 saturated carbocycles. The molecule has 3 nitrogen and oxygen atoms in total. The molecule has 0 aromatic carbocycles. The van der Waals surface area contributed by atoms with E-state index in [0.717, 1.165) is 13.2 Å². The number of halogens is 4. The molecule has 0 bridgehead atoms. The Bertz CT molecular complexity index is 413. The molecule has 1 heterocycles. The molecule has 0 saturated heterocycles. The fraction of sp³-hybridized carbons (Fsp3) is 0.333. The molecule has 0 atom stereocenters. The van der Waals surface area contributed by atoms with Gasteiger partial charge in [0, 0.05) is 10.9 Å². The maximum atomic E-state index is 12.7. The molecule has 0 spiro atoms. The smallest absolute Gasteiger partial charge is 0.340 e. The topological polar surface area (TPSA) is 39.2 Å². The first-order valence-corrected chi connectivity index (χ1v) is 6.04. The van der Waals surface area contributed by atoms with Crippen molar-refractivity contribution in [2.45, 2.75) is 11.8 Å². The number of pyridine rings is 1. The summed E-state index contributed by atoms with van der Waals surface area (Å²) in [6.45, 7) is 0. The molecular formula is C9H7Br2F2NO2. The van der Waals surface area contributed by atoms with Crippen LogP contribution >= 0.6 is 31.9 Å². The van der Waals surface area contributed by atoms with Crippen LogP contribution in [-0.4, -0.2) is 18.1 Å². The SMILES string of the molecule is COC(=O)c1c(C(F)F)cc(Br)nc1CBr. The maximum absolute atomic E-state index is 12.7. The lowest BCUT2D eigenvalue weighted by Crippen LogP contribution is -2.11. The number of alkyl halides is 3. The van der Waals surface area contributed by atoms with Gasteiger partial charge in [-0.2, -0.15) is 0 Å². The molecule has 88 valence electrons. The minimum absolute atomic E-state index is 0.183. The molecule has 0 radical (unpaired) electrons. The van der Waals surface area contributed by atoms with Crippen LogP contribution in [0.2, 0.25) is 0 Å². The highest BCUT2D eigenvalue weighted by molar-refractivity contribution is 9.10. The lowest BCUT2D eigenvalue weighted by atomic mass is 10.1. The number of aromatic nitrogens is 1. The van der Waals surface area contributed by atoms with Crippen molar-refractivity contribution >= 4 is 37.8 Å². The Labute approximate surface area is 107 Å². The van der Waals surface area contributed by atoms with Crippen LogP contribution in [0.25, 0.3) is 0 Å². The van der Waals surface area contributed by atoms with Gasteiger partial charge < -0.3 is 4.74 Å². The first kappa shape index (κ1) is 13.5. The van der Waals surface area contributed by atoms with Crippen molar-refractivity contribution in [1.29, 1.82) is 0 Å². The van der Waals surface area contributed by atoms with E-state index < -0.39 is 12.4 Å². The Morgan fingerprint density at radius 2 is 2.25 bits per heavy atom. The van der Waals surface area contributed by atoms with Crippen molar-refractivity contribution in [3.63, 3.8) is 0 Å². The van der Waals surface area contributed by atoms with Gasteiger partial charge in [-0.3, -0.25) is 0 Å². The van der Waals surface area contributed by atoms with Gasteiger partial charge in [-0.25, -0.2) is 18.6 Å². The van der Waals surface area contributed by atoms with Crippen LogP contribution in [-0.2, 0) is 10.1 Å². The quantitative estimate of drug-likeness (QED) is 0.472. The molecule has 1 rings (SSSR count). The zero-order valence-corrected chi connectivity index (χ0v) is 11.3. The summed E-state index contributed by atoms with van der Waals surface area (Å²) < 4.78 is 30.2. The molecule has 16 heavy (non-hydrogen) atoms. The van der Waals surface area contributed by atoms with Crippen molar-refractivity contribution in [3.8, 4) is 0 Å². The summed E-state index contributed by atoms with van der Waals surface area (Å²) in [5.41, 5.74) is -0.350. The zero-order chi connectivity index (χ0) is 12.3. The number of carbonyl (C=O) groups is 1. The minimum Gasteiger partial charge on any atom is -0.465 e. The third-order valence-electron chi connectivity index (χ3n) is 1.84. The van der Waals surface area contributed by atoms with E-state index in [1.165, 1.54) is 0 Å². The van der Waals surface area contributed by atoms with Gasteiger partial charge in [0.05, 0.1) is 18.4 Å². The summed E-state index contributed by atoms with van der Waals surface area (Å²) in [5.74, 6) is -0.815. The van der Waals surface area contributed by atoms with E-state index in [1.807, 2.05) is 0 Å². The van der Waals surface area contributed by atoms with Gasteiger partial charge in [0.1, 0.15) is 4.60 Å². The lowest BCUT2D eigenvalue weighted by molar-refractivity contribution is 0.0587. The van der Waals surface area contributed by atoms with Crippen molar-refractivity contribution in [2.24, 2.45) is 0 Å². The van der Waals surface area contributed by atoms with Gasteiger partial charge in [0.15, 0.2) is 0 Å². The number of ether oxygens (including phenoxy) is 1. The van der Waals surface area contributed by atoms with E-state index in [1.54, 1.807) is 0 Å². The monoisotopic (exact) mass is 357 g/mol. The van der Waals surface area contributed by atoms with Crippen molar-refractivity contribution < 1.29 is 18.3 Å². The standard InChI is InChI=1S/C9H7Br2F2NO2/c1-16-9(15)7-4(8(12)13)2-6(11)14-5(7)3-10/h2,8H,3H2,1H3. The Kier molecular flexibility index (Phi) is 4.79. The maximum Gasteiger partial charge on any atom is 0.340 e. The van der Waals surface area contributed by atoms with Crippen molar-refractivity contribution in [2.75, 3.05) is 7.11 Å². The fourth-order valence-electron chi connectivity index (χ4n) is 1.19. The highest BCUT2D eigenvalue weighted by Gasteiger charge is 2.24. The van der Waals surface area contributed by atoms with Crippen LogP contribution in [0, 0.1) is 0 Å². The van der Waals surface area contributed by atoms with E-state index in [0.29, 0.717) is 0 Å². The molecule has 1 aromatic heterocycles. The Morgan fingerprint density at radius 1 is 1.62 bits per heavy atom. The Hall–Kier alpha value is -0.560. The summed E-state index contributed by atoms with van der Waals surface area (Å²) >= 11 is 6.10. The molecule has 0 aliphatic heterocycles. The van der Waals surface area contributed by atoms with Crippen LogP contribution < -0.4 is 0 Å². The van der Waals surface area contributed by atoms with Crippen LogP contribution in [0.5, 0.6) is 0 Å². The van der Waals surface area contributed by atoms with Crippen molar-refractivity contribution in [1.82, 2.24) is 4.98 Å². The summed E-state index contributed by atoms with van der Waals surface area (Å²) in [6, 6.07) is 1.11. The molecule has 0 fully saturated rings. The second-order valence-electron chi connectivity index (χ2n) is 2.78. The number of rotatable bonds is 3. The highest BCUT2D eigenvalue weighted by atomic mass is 79.9. The van der Waals surface area contributed by atoms with Crippen molar-refractivity contribution in [3.05, 3.63) is 27.5 Å². The van der Waals surface area contributed by atoms with Gasteiger partial charge in [0.2, 0.25) is 0 Å². The van der Waals surface area contributed by atoms with Gasteiger partial charge in [-0.05, 0) is 22.0 Å². The van der Waals surface area contributed by atoms with E-state index in [4.69, 9.17) is 0 Å². The molecule has 0 aliphatic carbocycles. The average Bonchev–Trinajstić information content (AvgIpc) is 2.26. The molecule has 1 aromatic rings. The Morgan fingerprint density at radius 3 is 2.69 bits per heavy atom. The van der Waals surface area contributed by atoms with Gasteiger partial charge >= 0.3 is 5.97 Å². The summed E-state index contributed by atoms with van der Waals surface area (Å²) in [7, 11) is 1.14. The average molecular weight is 359 g/mol. The molecular weight excluding hydrogens is 352 g/mol. The molecule has 7 heteroatoms. The predicted octanol–water partition coefficient (Wildman–Crippen LogP) is 3.46. The molecule has 0 N–H and O–H groups in total. The first-order chi connectivity index (χ1) is 7.51. The summed E-state index contributed by atoms with van der Waals surface area (Å²) in [6.07, 6.45) is -2.76. The lowest BCUT2D eigenvalue weighted by Gasteiger charge is -2.11. The first-order valence-electron chi connectivity index (χ1n) is 4.13. The van der Waals surface area contributed by atoms with Crippen LogP contribution in [0.4, 0.5) is 8.78 Å². The molecule has 0 amide bonds. The molecule has 0 unspecified atom stereocenters. The van der Waals surface area contributed by atoms with E-state index >= 15 is 0 Å². The number of hydrogen-bond donors (Lipinski definition) is 0. The van der Waals surface area contributed by atoms with E-state index in [-0.39, 0.29) is 26.8 Å². The van der Waals surface area contributed by atoms with Crippen LogP contribution in [0.15, 0.2) is 10.7 Å². The Balaban J connectivity index is 3.45. The minimum atomic E-state index is -2.76. The highest BCUT2D eigenvalue weighted by Crippen LogP contribution is 2.28. The number of hydrogen-bond acceptors (Lipinski definition) is 3. The third kappa shape index (κ3) is 2.76. The predicted molar refractivity (Wildman–Crippen MR) is 60.9 cm³/mol. The fourth-order valence-corrected chi connectivity index (χ4v) is 2.06. The third-order valence-corrected chi connectivity index (χ3v) is 2.78. The number of methoxy groups -OCH3 is 1. The second-order valence-corrected chi connectivity index (χ2v) is 4.16. The van der Waals surface area contributed by atoms with Gasteiger partial charge in [0.25, 0.3) is 6.43 Å². The van der Waals surface area contributed by atoms with Crippen LogP contribution in [0.3, 0.4) is 0 Å². The van der Waals surface area contributed by atoms with E-state index in [2.05, 4.69) is 41.6 Å². The van der Waals surface area contributed by atoms with E-state index in [9.17, 15) is 13.6 Å². The largest absolute Gasteiger partial charge is 0.465 e. The number of carbonyl (C=O) groups excluding carboxylic acids is 1. The summed E-state index contributed by atoms with van der Waals surface area (Å²) in [5, 5.41) is 0.191. The molecule has 0 aliphatic rings. The van der Waals surface area contributed by atoms with Gasteiger partial charge in [-0.15, -0.1) is 0 Å². The van der Waals surface area contributed by atoms with Crippen LogP contribution in [0.1, 0.15) is 28.0 Å². The second kappa shape index (κ2) is 5.67. The normalized spacial score (nSPS) is 10.6. The summed E-state index contributed by atoms with van der Waals surface area (Å²) in [4.78, 5) is 15.3. The zero-order valence-electron chi connectivity index (χ0n) is 8.14. The van der Waals surface area contributed by atoms with Gasteiger partial charge in [-0.1, -0.05) is 15.9 Å². The number of nitrogens with zero attached hydrogens (tertiary/aromatic N) is 1. The number of esters is 1.